The first-order valence-electron chi connectivity index (χ1n) is 9.10. The maximum absolute atomic E-state index is 12.3. The van der Waals surface area contributed by atoms with Crippen LogP contribution in [0, 0.1) is 24.0 Å². The van der Waals surface area contributed by atoms with Gasteiger partial charge in [0.25, 0.3) is 11.6 Å². The van der Waals surface area contributed by atoms with Crippen molar-refractivity contribution >= 4 is 11.8 Å². The van der Waals surface area contributed by atoms with E-state index >= 15 is 0 Å². The minimum absolute atomic E-state index is 0.0417. The number of methoxy groups -OCH3 is 1. The molecule has 2 aromatic rings. The van der Waals surface area contributed by atoms with E-state index < -0.39 is 11.0 Å². The van der Waals surface area contributed by atoms with Crippen molar-refractivity contribution in [2.24, 2.45) is 0 Å². The second-order valence-electron chi connectivity index (χ2n) is 6.98. The van der Waals surface area contributed by atoms with E-state index in [9.17, 15) is 20.0 Å². The molecule has 0 unspecified atom stereocenters. The molecule has 0 amide bonds. The number of benzene rings is 1. The highest BCUT2D eigenvalue weighted by Gasteiger charge is 2.20. The van der Waals surface area contributed by atoms with Gasteiger partial charge in [-0.15, -0.1) is 0 Å². The van der Waals surface area contributed by atoms with Gasteiger partial charge in [-0.1, -0.05) is 23.3 Å². The van der Waals surface area contributed by atoms with E-state index in [-0.39, 0.29) is 29.2 Å². The molecule has 7 nitrogen and oxygen atoms in total. The average molecular weight is 399 g/mol. The number of aliphatic hydroxyl groups excluding tert-OH is 1. The zero-order valence-electron chi connectivity index (χ0n) is 17.2. The summed E-state index contributed by atoms with van der Waals surface area (Å²) < 4.78 is 10.7. The predicted octanol–water partition coefficient (Wildman–Crippen LogP) is 4.65. The standard InChI is InChI=1S/C22H25NO6/c1-13(11-17-6-8-18(9-7-17)23(26)27)10-14(2)12-19(24)21-15(3)20(25)16(4)22(28-5)29-21/h6-11,19,24H,12H2,1-5H3/b13-11+,14-10+/t19-/m0/s1. The lowest BCUT2D eigenvalue weighted by molar-refractivity contribution is -0.384. The summed E-state index contributed by atoms with van der Waals surface area (Å²) in [5.41, 5.74) is 3.20. The molecule has 7 heteroatoms. The Labute approximate surface area is 169 Å². The van der Waals surface area contributed by atoms with Crippen LogP contribution >= 0.6 is 0 Å². The fourth-order valence-electron chi connectivity index (χ4n) is 3.09. The van der Waals surface area contributed by atoms with Crippen LogP contribution in [-0.4, -0.2) is 17.1 Å². The number of rotatable bonds is 7. The van der Waals surface area contributed by atoms with Crippen LogP contribution in [0.4, 0.5) is 5.69 Å². The number of aliphatic hydroxyl groups is 1. The van der Waals surface area contributed by atoms with Gasteiger partial charge in [-0.3, -0.25) is 14.9 Å². The van der Waals surface area contributed by atoms with Crippen LogP contribution in [0.15, 0.2) is 50.7 Å². The minimum Gasteiger partial charge on any atom is -0.468 e. The van der Waals surface area contributed by atoms with Gasteiger partial charge in [-0.05, 0) is 45.4 Å². The number of nitro groups is 1. The highest BCUT2D eigenvalue weighted by atomic mass is 16.6. The Kier molecular flexibility index (Phi) is 7.12. The fraction of sp³-hybridized carbons (Fsp3) is 0.318. The number of nitrogens with zero attached hydrogens (tertiary/aromatic N) is 1. The minimum atomic E-state index is -0.986. The lowest BCUT2D eigenvalue weighted by atomic mass is 10.0. The SMILES string of the molecule is COc1oc([C@@H](O)C/C(C)=C/C(C)=C/c2ccc([N+](=O)[O-])cc2)c(C)c(=O)c1C. The predicted molar refractivity (Wildman–Crippen MR) is 111 cm³/mol. The van der Waals surface area contributed by atoms with E-state index in [4.69, 9.17) is 9.15 Å². The molecule has 1 atom stereocenters. The van der Waals surface area contributed by atoms with Gasteiger partial charge in [0.15, 0.2) is 5.43 Å². The van der Waals surface area contributed by atoms with Gasteiger partial charge in [0.1, 0.15) is 11.9 Å². The molecule has 0 fully saturated rings. The Bertz CT molecular complexity index is 1010. The summed E-state index contributed by atoms with van der Waals surface area (Å²) in [6, 6.07) is 6.26. The number of allylic oxidation sites excluding steroid dienone is 2. The molecule has 154 valence electrons. The molecule has 0 saturated heterocycles. The third-order valence-corrected chi connectivity index (χ3v) is 4.54. The molecule has 0 aliphatic carbocycles. The third kappa shape index (κ3) is 5.42. The van der Waals surface area contributed by atoms with Crippen molar-refractivity contribution in [2.75, 3.05) is 7.11 Å². The normalized spacial score (nSPS) is 13.3. The highest BCUT2D eigenvalue weighted by molar-refractivity contribution is 5.57. The summed E-state index contributed by atoms with van der Waals surface area (Å²) in [6.07, 6.45) is 3.09. The second-order valence-corrected chi connectivity index (χ2v) is 6.98. The monoisotopic (exact) mass is 399 g/mol. The number of ether oxygens (including phenoxy) is 1. The Hall–Kier alpha value is -3.19. The van der Waals surface area contributed by atoms with Crippen LogP contribution in [0.25, 0.3) is 6.08 Å². The van der Waals surface area contributed by atoms with Crippen molar-refractivity contribution in [3.63, 3.8) is 0 Å². The second kappa shape index (κ2) is 9.34. The fourth-order valence-corrected chi connectivity index (χ4v) is 3.09. The Morgan fingerprint density at radius 1 is 1.24 bits per heavy atom. The molecule has 0 aliphatic rings. The van der Waals surface area contributed by atoms with E-state index in [2.05, 4.69) is 0 Å². The van der Waals surface area contributed by atoms with Crippen LogP contribution in [0.2, 0.25) is 0 Å². The van der Waals surface area contributed by atoms with Crippen LogP contribution in [0.3, 0.4) is 0 Å². The quantitative estimate of drug-likeness (QED) is 0.413. The summed E-state index contributed by atoms with van der Waals surface area (Å²) in [5, 5.41) is 21.3. The number of hydrogen-bond acceptors (Lipinski definition) is 6. The third-order valence-electron chi connectivity index (χ3n) is 4.54. The van der Waals surface area contributed by atoms with Gasteiger partial charge in [-0.2, -0.15) is 0 Å². The van der Waals surface area contributed by atoms with Crippen LogP contribution < -0.4 is 10.2 Å². The summed E-state index contributed by atoms with van der Waals surface area (Å²) in [5.74, 6) is 0.299. The van der Waals surface area contributed by atoms with E-state index in [0.29, 0.717) is 11.1 Å². The molecule has 1 aromatic carbocycles. The molecule has 1 heterocycles. The molecule has 1 N–H and O–H groups in total. The van der Waals surface area contributed by atoms with E-state index in [0.717, 1.165) is 16.7 Å². The summed E-state index contributed by atoms with van der Waals surface area (Å²) in [6.45, 7) is 7.01. The van der Waals surface area contributed by atoms with E-state index in [1.54, 1.807) is 26.0 Å². The van der Waals surface area contributed by atoms with Gasteiger partial charge >= 0.3 is 0 Å². The molecule has 0 spiro atoms. The Balaban J connectivity index is 2.19. The lowest BCUT2D eigenvalue weighted by Crippen LogP contribution is -2.15. The maximum Gasteiger partial charge on any atom is 0.291 e. The molecule has 2 rings (SSSR count). The summed E-state index contributed by atoms with van der Waals surface area (Å²) >= 11 is 0. The Morgan fingerprint density at radius 3 is 2.41 bits per heavy atom. The van der Waals surface area contributed by atoms with Crippen molar-refractivity contribution in [1.29, 1.82) is 0 Å². The smallest absolute Gasteiger partial charge is 0.291 e. The van der Waals surface area contributed by atoms with Crippen LogP contribution in [-0.2, 0) is 0 Å². The largest absolute Gasteiger partial charge is 0.468 e. The first kappa shape index (κ1) is 22.1. The van der Waals surface area contributed by atoms with Crippen LogP contribution in [0.5, 0.6) is 5.95 Å². The number of non-ortho nitro benzene ring substituents is 1. The molecule has 0 radical (unpaired) electrons. The van der Waals surface area contributed by atoms with Crippen molar-refractivity contribution in [2.45, 2.75) is 40.2 Å². The molecule has 29 heavy (non-hydrogen) atoms. The molecule has 0 aliphatic heterocycles. The summed E-state index contributed by atoms with van der Waals surface area (Å²) in [7, 11) is 1.41. The molecular formula is C22H25NO6. The van der Waals surface area contributed by atoms with Crippen molar-refractivity contribution in [1.82, 2.24) is 0 Å². The van der Waals surface area contributed by atoms with E-state index in [1.165, 1.54) is 19.2 Å². The molecular weight excluding hydrogens is 374 g/mol. The average Bonchev–Trinajstić information content (AvgIpc) is 2.66. The number of nitro benzene ring substituents is 1. The molecule has 0 saturated carbocycles. The first-order valence-corrected chi connectivity index (χ1v) is 9.10. The highest BCUT2D eigenvalue weighted by Crippen LogP contribution is 2.28. The maximum atomic E-state index is 12.3. The topological polar surface area (TPSA) is 103 Å². The van der Waals surface area contributed by atoms with Gasteiger partial charge in [0.2, 0.25) is 0 Å². The zero-order chi connectivity index (χ0) is 21.7. The van der Waals surface area contributed by atoms with Gasteiger partial charge in [0.05, 0.1) is 17.6 Å². The van der Waals surface area contributed by atoms with Crippen molar-refractivity contribution in [3.05, 3.63) is 84.3 Å². The van der Waals surface area contributed by atoms with Crippen molar-refractivity contribution in [3.8, 4) is 5.95 Å². The van der Waals surface area contributed by atoms with Gasteiger partial charge in [0, 0.05) is 24.1 Å². The molecule has 1 aromatic heterocycles. The summed E-state index contributed by atoms with van der Waals surface area (Å²) in [4.78, 5) is 22.6. The lowest BCUT2D eigenvalue weighted by Gasteiger charge is -2.15. The van der Waals surface area contributed by atoms with Crippen molar-refractivity contribution < 1.29 is 19.2 Å². The number of hydrogen-bond donors (Lipinski definition) is 1. The van der Waals surface area contributed by atoms with Gasteiger partial charge < -0.3 is 14.3 Å². The van der Waals surface area contributed by atoms with E-state index in [1.807, 2.05) is 26.0 Å². The Morgan fingerprint density at radius 2 is 1.86 bits per heavy atom. The van der Waals surface area contributed by atoms with Crippen LogP contribution in [0.1, 0.15) is 48.8 Å². The zero-order valence-corrected chi connectivity index (χ0v) is 17.2. The first-order chi connectivity index (χ1) is 13.6. The van der Waals surface area contributed by atoms with Gasteiger partial charge in [-0.25, -0.2) is 0 Å². The molecule has 0 bridgehead atoms.